The molecule has 0 aliphatic heterocycles. The van der Waals surface area contributed by atoms with Crippen molar-refractivity contribution in [2.75, 3.05) is 19.7 Å². The standard InChI is InChI=1S/C13H25N3O3S/c1-4-12(5-2)10-16(6-3)20(18,19)13-9-14-15(11-13)7-8-17/h9,11-12,17H,4-8,10H2,1-3H3. The van der Waals surface area contributed by atoms with Crippen molar-refractivity contribution in [2.24, 2.45) is 5.92 Å². The fourth-order valence-electron chi connectivity index (χ4n) is 2.08. The third-order valence-corrected chi connectivity index (χ3v) is 5.44. The molecule has 0 bridgehead atoms. The molecule has 1 N–H and O–H groups in total. The van der Waals surface area contributed by atoms with Crippen LogP contribution in [-0.4, -0.2) is 47.3 Å². The summed E-state index contributed by atoms with van der Waals surface area (Å²) in [5, 5.41) is 12.8. The predicted molar refractivity (Wildman–Crippen MR) is 77.8 cm³/mol. The average molecular weight is 303 g/mol. The van der Waals surface area contributed by atoms with Crippen LogP contribution in [0.4, 0.5) is 0 Å². The fourth-order valence-corrected chi connectivity index (χ4v) is 3.56. The molecule has 0 fully saturated rings. The molecule has 0 saturated carbocycles. The number of aliphatic hydroxyl groups is 1. The van der Waals surface area contributed by atoms with Crippen LogP contribution in [0, 0.1) is 5.92 Å². The lowest BCUT2D eigenvalue weighted by Crippen LogP contribution is -2.35. The van der Waals surface area contributed by atoms with Crippen LogP contribution >= 0.6 is 0 Å². The van der Waals surface area contributed by atoms with Crippen molar-refractivity contribution in [1.29, 1.82) is 0 Å². The molecule has 116 valence electrons. The van der Waals surface area contributed by atoms with E-state index in [0.29, 0.717) is 25.6 Å². The SMILES string of the molecule is CCC(CC)CN(CC)S(=O)(=O)c1cnn(CCO)c1. The summed E-state index contributed by atoms with van der Waals surface area (Å²) < 4.78 is 28.1. The maximum Gasteiger partial charge on any atom is 0.246 e. The number of hydrogen-bond acceptors (Lipinski definition) is 4. The molecule has 1 aromatic rings. The van der Waals surface area contributed by atoms with Gasteiger partial charge in [-0.2, -0.15) is 9.40 Å². The molecule has 20 heavy (non-hydrogen) atoms. The lowest BCUT2D eigenvalue weighted by Gasteiger charge is -2.24. The van der Waals surface area contributed by atoms with E-state index in [2.05, 4.69) is 18.9 Å². The second-order valence-corrected chi connectivity index (χ2v) is 6.74. The molecule has 0 spiro atoms. The number of hydrogen-bond donors (Lipinski definition) is 1. The largest absolute Gasteiger partial charge is 0.394 e. The second-order valence-electron chi connectivity index (χ2n) is 4.80. The van der Waals surface area contributed by atoms with Crippen LogP contribution in [0.5, 0.6) is 0 Å². The summed E-state index contributed by atoms with van der Waals surface area (Å²) in [5.41, 5.74) is 0. The molecule has 1 aromatic heterocycles. The molecule has 0 amide bonds. The molecule has 0 aliphatic rings. The summed E-state index contributed by atoms with van der Waals surface area (Å²) in [5.74, 6) is 0.372. The minimum Gasteiger partial charge on any atom is -0.394 e. The van der Waals surface area contributed by atoms with E-state index in [1.54, 1.807) is 0 Å². The summed E-state index contributed by atoms with van der Waals surface area (Å²) >= 11 is 0. The topological polar surface area (TPSA) is 75.4 Å². The molecule has 0 radical (unpaired) electrons. The Morgan fingerprint density at radius 1 is 1.35 bits per heavy atom. The summed E-state index contributed by atoms with van der Waals surface area (Å²) in [4.78, 5) is 0.193. The van der Waals surface area contributed by atoms with Gasteiger partial charge in [0.2, 0.25) is 10.0 Å². The van der Waals surface area contributed by atoms with Crippen LogP contribution in [0.1, 0.15) is 33.6 Å². The zero-order valence-electron chi connectivity index (χ0n) is 12.5. The molecule has 0 atom stereocenters. The van der Waals surface area contributed by atoms with Crippen molar-refractivity contribution < 1.29 is 13.5 Å². The lowest BCUT2D eigenvalue weighted by atomic mass is 10.0. The molecule has 1 rings (SSSR count). The summed E-state index contributed by atoms with van der Waals surface area (Å²) in [6, 6.07) is 0. The van der Waals surface area contributed by atoms with Gasteiger partial charge < -0.3 is 5.11 Å². The summed E-state index contributed by atoms with van der Waals surface area (Å²) in [6.45, 7) is 7.22. The first-order valence-corrected chi connectivity index (χ1v) is 8.56. The quantitative estimate of drug-likeness (QED) is 0.746. The molecule has 6 nitrogen and oxygen atoms in total. The van der Waals surface area contributed by atoms with Gasteiger partial charge in [0.15, 0.2) is 0 Å². The fraction of sp³-hybridized carbons (Fsp3) is 0.769. The van der Waals surface area contributed by atoms with Gasteiger partial charge in [-0.15, -0.1) is 0 Å². The van der Waals surface area contributed by atoms with Gasteiger partial charge in [-0.05, 0) is 5.92 Å². The van der Waals surface area contributed by atoms with Gasteiger partial charge in [0, 0.05) is 19.3 Å². The molecule has 7 heteroatoms. The maximum absolute atomic E-state index is 12.6. The highest BCUT2D eigenvalue weighted by Gasteiger charge is 2.26. The van der Waals surface area contributed by atoms with Crippen molar-refractivity contribution >= 4 is 10.0 Å². The van der Waals surface area contributed by atoms with Crippen molar-refractivity contribution in [3.8, 4) is 0 Å². The van der Waals surface area contributed by atoms with Gasteiger partial charge in [-0.3, -0.25) is 4.68 Å². The van der Waals surface area contributed by atoms with Crippen molar-refractivity contribution in [3.63, 3.8) is 0 Å². The highest BCUT2D eigenvalue weighted by Crippen LogP contribution is 2.18. The van der Waals surface area contributed by atoms with E-state index < -0.39 is 10.0 Å². The third kappa shape index (κ3) is 4.04. The minimum atomic E-state index is -3.50. The van der Waals surface area contributed by atoms with Crippen molar-refractivity contribution in [2.45, 2.75) is 45.1 Å². The van der Waals surface area contributed by atoms with Gasteiger partial charge >= 0.3 is 0 Å². The van der Waals surface area contributed by atoms with E-state index in [4.69, 9.17) is 5.11 Å². The molecule has 0 aromatic carbocycles. The Morgan fingerprint density at radius 2 is 2.00 bits per heavy atom. The van der Waals surface area contributed by atoms with Gasteiger partial charge in [0.05, 0.1) is 19.3 Å². The molecule has 0 unspecified atom stereocenters. The molecule has 0 saturated heterocycles. The Bertz CT molecular complexity index is 495. The van der Waals surface area contributed by atoms with Crippen LogP contribution in [0.3, 0.4) is 0 Å². The van der Waals surface area contributed by atoms with E-state index >= 15 is 0 Å². The minimum absolute atomic E-state index is 0.0631. The zero-order valence-corrected chi connectivity index (χ0v) is 13.3. The lowest BCUT2D eigenvalue weighted by molar-refractivity contribution is 0.269. The van der Waals surface area contributed by atoms with Gasteiger partial charge in [-0.1, -0.05) is 33.6 Å². The predicted octanol–water partition coefficient (Wildman–Crippen LogP) is 1.32. The number of aliphatic hydroxyl groups excluding tert-OH is 1. The van der Waals surface area contributed by atoms with E-state index in [1.165, 1.54) is 21.4 Å². The van der Waals surface area contributed by atoms with E-state index in [0.717, 1.165) is 12.8 Å². The Kier molecular flexibility index (Phi) is 6.64. The highest BCUT2D eigenvalue weighted by molar-refractivity contribution is 7.89. The molecule has 0 aliphatic carbocycles. The molecular weight excluding hydrogens is 278 g/mol. The van der Waals surface area contributed by atoms with Gasteiger partial charge in [0.25, 0.3) is 0 Å². The van der Waals surface area contributed by atoms with Gasteiger partial charge in [0.1, 0.15) is 4.90 Å². The number of aromatic nitrogens is 2. The van der Waals surface area contributed by atoms with Crippen molar-refractivity contribution in [3.05, 3.63) is 12.4 Å². The Morgan fingerprint density at radius 3 is 2.50 bits per heavy atom. The number of sulfonamides is 1. The highest BCUT2D eigenvalue weighted by atomic mass is 32.2. The average Bonchev–Trinajstić information content (AvgIpc) is 2.90. The van der Waals surface area contributed by atoms with E-state index in [1.807, 2.05) is 6.92 Å². The Balaban J connectivity index is 2.92. The Labute approximate surface area is 121 Å². The van der Waals surface area contributed by atoms with Crippen LogP contribution in [0.2, 0.25) is 0 Å². The number of nitrogens with zero attached hydrogens (tertiary/aromatic N) is 3. The van der Waals surface area contributed by atoms with Crippen LogP contribution in [0.25, 0.3) is 0 Å². The number of rotatable bonds is 9. The van der Waals surface area contributed by atoms with Crippen LogP contribution in [-0.2, 0) is 16.6 Å². The summed E-state index contributed by atoms with van der Waals surface area (Å²) in [7, 11) is -3.50. The second kappa shape index (κ2) is 7.75. The molecule has 1 heterocycles. The first-order valence-electron chi connectivity index (χ1n) is 7.12. The zero-order chi connectivity index (χ0) is 15.2. The first-order chi connectivity index (χ1) is 9.49. The van der Waals surface area contributed by atoms with Gasteiger partial charge in [-0.25, -0.2) is 8.42 Å². The maximum atomic E-state index is 12.6. The first kappa shape index (κ1) is 17.1. The third-order valence-electron chi connectivity index (χ3n) is 3.55. The Hall–Kier alpha value is -0.920. The monoisotopic (exact) mass is 303 g/mol. The van der Waals surface area contributed by atoms with Crippen LogP contribution in [0.15, 0.2) is 17.3 Å². The van der Waals surface area contributed by atoms with Crippen LogP contribution < -0.4 is 0 Å². The summed E-state index contributed by atoms with van der Waals surface area (Å²) in [6.07, 6.45) is 4.75. The van der Waals surface area contributed by atoms with E-state index in [-0.39, 0.29) is 11.5 Å². The van der Waals surface area contributed by atoms with Crippen molar-refractivity contribution in [1.82, 2.24) is 14.1 Å². The smallest absolute Gasteiger partial charge is 0.246 e. The molecular formula is C13H25N3O3S. The normalized spacial score (nSPS) is 12.5. The van der Waals surface area contributed by atoms with E-state index in [9.17, 15) is 8.42 Å².